The highest BCUT2D eigenvalue weighted by atomic mass is 19.1. The molecule has 0 aliphatic carbocycles. The molecule has 0 radical (unpaired) electrons. The van der Waals surface area contributed by atoms with Gasteiger partial charge in [0.25, 0.3) is 0 Å². The average Bonchev–Trinajstić information content (AvgIpc) is 3.36. The Balaban J connectivity index is 1.39. The van der Waals surface area contributed by atoms with Gasteiger partial charge in [0.2, 0.25) is 5.91 Å². The Labute approximate surface area is 222 Å². The topological polar surface area (TPSA) is 89.3 Å². The van der Waals surface area contributed by atoms with Gasteiger partial charge in [-0.3, -0.25) is 14.4 Å². The molecule has 4 rings (SSSR count). The largest absolute Gasteiger partial charge is 0.493 e. The highest BCUT2D eigenvalue weighted by molar-refractivity contribution is 5.73. The Morgan fingerprint density at radius 1 is 1.11 bits per heavy atom. The lowest BCUT2D eigenvalue weighted by Gasteiger charge is -2.32. The van der Waals surface area contributed by atoms with Crippen LogP contribution in [0, 0.1) is 5.82 Å². The van der Waals surface area contributed by atoms with Crippen LogP contribution in [0.2, 0.25) is 0 Å². The number of β-amino-alcohol motifs (C(OH)–C–C–N with tert-alkyl or cyclic N) is 1. The normalized spacial score (nSPS) is 18.2. The van der Waals surface area contributed by atoms with Gasteiger partial charge in [-0.25, -0.2) is 4.39 Å². The lowest BCUT2D eigenvalue weighted by atomic mass is 10.0. The molecule has 9 nitrogen and oxygen atoms in total. The van der Waals surface area contributed by atoms with Gasteiger partial charge in [0.15, 0.2) is 11.5 Å². The van der Waals surface area contributed by atoms with Crippen molar-refractivity contribution < 1.29 is 28.5 Å². The van der Waals surface area contributed by atoms with Crippen LogP contribution in [0.4, 0.5) is 4.39 Å². The quantitative estimate of drug-likeness (QED) is 0.384. The molecule has 0 bridgehead atoms. The zero-order valence-electron chi connectivity index (χ0n) is 21.9. The van der Waals surface area contributed by atoms with Crippen LogP contribution in [-0.4, -0.2) is 82.7 Å². The van der Waals surface area contributed by atoms with Crippen molar-refractivity contribution in [2.45, 2.75) is 32.0 Å². The number of nitrogens with zero attached hydrogens (tertiary/aromatic N) is 4. The fraction of sp³-hybridized carbons (Fsp3) is 0.429. The van der Waals surface area contributed by atoms with E-state index in [2.05, 4.69) is 10.00 Å². The number of halogens is 1. The number of methoxy groups -OCH3 is 1. The number of aryl methyl sites for hydroxylation is 1. The van der Waals surface area contributed by atoms with E-state index in [1.54, 1.807) is 18.2 Å². The van der Waals surface area contributed by atoms with Crippen molar-refractivity contribution >= 4 is 5.91 Å². The van der Waals surface area contributed by atoms with E-state index in [0.717, 1.165) is 18.5 Å². The van der Waals surface area contributed by atoms with Crippen LogP contribution in [0.1, 0.15) is 18.9 Å². The van der Waals surface area contributed by atoms with Crippen LogP contribution in [-0.2, 0) is 17.9 Å². The minimum atomic E-state index is -1.31. The Hall–Kier alpha value is -3.63. The maximum Gasteiger partial charge on any atom is 0.219 e. The number of hydrogen-bond acceptors (Lipinski definition) is 7. The van der Waals surface area contributed by atoms with E-state index < -0.39 is 5.60 Å². The summed E-state index contributed by atoms with van der Waals surface area (Å²) in [6, 6.07) is 13.3. The first-order valence-electron chi connectivity index (χ1n) is 12.7. The summed E-state index contributed by atoms with van der Waals surface area (Å²) >= 11 is 0. The van der Waals surface area contributed by atoms with E-state index in [1.807, 2.05) is 35.1 Å². The predicted octanol–water partition coefficient (Wildman–Crippen LogP) is 2.97. The number of amides is 1. The fourth-order valence-corrected chi connectivity index (χ4v) is 4.51. The Bertz CT molecular complexity index is 1170. The van der Waals surface area contributed by atoms with E-state index in [9.17, 15) is 14.3 Å². The third kappa shape index (κ3) is 7.69. The molecular formula is C28H35FN4O5. The van der Waals surface area contributed by atoms with Gasteiger partial charge >= 0.3 is 0 Å². The molecule has 0 unspecified atom stereocenters. The second-order valence-electron chi connectivity index (χ2n) is 9.57. The lowest BCUT2D eigenvalue weighted by Crippen LogP contribution is -2.51. The summed E-state index contributed by atoms with van der Waals surface area (Å²) in [5, 5.41) is 15.7. The molecule has 1 aliphatic heterocycles. The van der Waals surface area contributed by atoms with Crippen LogP contribution >= 0.6 is 0 Å². The van der Waals surface area contributed by atoms with Crippen LogP contribution in [0.15, 0.2) is 60.9 Å². The van der Waals surface area contributed by atoms with Gasteiger partial charge in [0.05, 0.1) is 20.3 Å². The van der Waals surface area contributed by atoms with Gasteiger partial charge in [-0.05, 0) is 48.0 Å². The van der Waals surface area contributed by atoms with E-state index in [4.69, 9.17) is 14.2 Å². The number of carbonyl (C=O) groups excluding carboxylic acids is 1. The van der Waals surface area contributed by atoms with Crippen molar-refractivity contribution in [2.24, 2.45) is 0 Å². The molecule has 0 spiro atoms. The second-order valence-corrected chi connectivity index (χ2v) is 9.57. The summed E-state index contributed by atoms with van der Waals surface area (Å²) in [5.41, 5.74) is -0.318. The van der Waals surface area contributed by atoms with Crippen molar-refractivity contribution in [3.63, 3.8) is 0 Å². The number of ether oxygens (including phenoxy) is 3. The summed E-state index contributed by atoms with van der Waals surface area (Å²) in [4.78, 5) is 15.9. The molecule has 1 aromatic heterocycles. The molecule has 38 heavy (non-hydrogen) atoms. The summed E-state index contributed by atoms with van der Waals surface area (Å²) < 4.78 is 32.4. The molecule has 1 amide bonds. The smallest absolute Gasteiger partial charge is 0.219 e. The molecule has 0 saturated carbocycles. The van der Waals surface area contributed by atoms with Gasteiger partial charge in [0, 0.05) is 58.5 Å². The number of benzene rings is 2. The predicted molar refractivity (Wildman–Crippen MR) is 140 cm³/mol. The third-order valence-electron chi connectivity index (χ3n) is 6.44. The number of aromatic nitrogens is 2. The van der Waals surface area contributed by atoms with Crippen molar-refractivity contribution in [2.75, 3.05) is 46.5 Å². The molecule has 2 heterocycles. The number of rotatable bonds is 11. The van der Waals surface area contributed by atoms with Crippen molar-refractivity contribution in [1.29, 1.82) is 0 Å². The maximum atomic E-state index is 13.2. The zero-order chi connectivity index (χ0) is 27.0. The molecule has 1 fully saturated rings. The molecule has 2 aromatic carbocycles. The number of aliphatic hydroxyl groups is 1. The summed E-state index contributed by atoms with van der Waals surface area (Å²) in [6.45, 7) is 4.83. The first-order valence-corrected chi connectivity index (χ1v) is 12.7. The van der Waals surface area contributed by atoms with Gasteiger partial charge in [-0.2, -0.15) is 5.10 Å². The molecule has 10 heteroatoms. The molecule has 3 aromatic rings. The minimum absolute atomic E-state index is 0.0342. The van der Waals surface area contributed by atoms with E-state index in [-0.39, 0.29) is 24.9 Å². The summed E-state index contributed by atoms with van der Waals surface area (Å²) in [7, 11) is 1.61. The van der Waals surface area contributed by atoms with Gasteiger partial charge in [0.1, 0.15) is 23.8 Å². The van der Waals surface area contributed by atoms with Gasteiger partial charge in [-0.15, -0.1) is 0 Å². The fourth-order valence-electron chi connectivity index (χ4n) is 4.51. The van der Waals surface area contributed by atoms with E-state index in [1.165, 1.54) is 31.2 Å². The molecular weight excluding hydrogens is 491 g/mol. The lowest BCUT2D eigenvalue weighted by molar-refractivity contribution is -0.132. The highest BCUT2D eigenvalue weighted by Crippen LogP contribution is 2.29. The van der Waals surface area contributed by atoms with E-state index >= 15 is 0 Å². The Morgan fingerprint density at radius 3 is 2.63 bits per heavy atom. The van der Waals surface area contributed by atoms with E-state index in [0.29, 0.717) is 50.0 Å². The van der Waals surface area contributed by atoms with Crippen LogP contribution in [0.5, 0.6) is 17.2 Å². The average molecular weight is 527 g/mol. The van der Waals surface area contributed by atoms with Crippen molar-refractivity contribution in [1.82, 2.24) is 19.6 Å². The first kappa shape index (κ1) is 27.4. The van der Waals surface area contributed by atoms with Crippen LogP contribution < -0.4 is 14.2 Å². The Kier molecular flexibility index (Phi) is 9.19. The zero-order valence-corrected chi connectivity index (χ0v) is 21.9. The highest BCUT2D eigenvalue weighted by Gasteiger charge is 2.37. The first-order chi connectivity index (χ1) is 18.3. The number of hydrogen-bond donors (Lipinski definition) is 1. The molecule has 1 atom stereocenters. The maximum absolute atomic E-state index is 13.2. The second kappa shape index (κ2) is 12.7. The monoisotopic (exact) mass is 526 g/mol. The number of carbonyl (C=O) groups is 1. The van der Waals surface area contributed by atoms with Crippen molar-refractivity contribution in [3.05, 3.63) is 72.3 Å². The Morgan fingerprint density at radius 2 is 1.92 bits per heavy atom. The van der Waals surface area contributed by atoms with Crippen LogP contribution in [0.25, 0.3) is 0 Å². The van der Waals surface area contributed by atoms with Crippen LogP contribution in [0.3, 0.4) is 0 Å². The molecule has 1 N–H and O–H groups in total. The summed E-state index contributed by atoms with van der Waals surface area (Å²) in [6.07, 6.45) is 4.49. The van der Waals surface area contributed by atoms with Gasteiger partial charge < -0.3 is 24.2 Å². The van der Waals surface area contributed by atoms with Gasteiger partial charge in [-0.1, -0.05) is 6.07 Å². The van der Waals surface area contributed by atoms with Crippen molar-refractivity contribution in [3.8, 4) is 17.2 Å². The molecule has 1 saturated heterocycles. The molecule has 1 aliphatic rings. The molecule has 204 valence electrons. The minimum Gasteiger partial charge on any atom is -0.493 e. The standard InChI is InChI=1S/C28H35FN4O5/c1-22(34)32-15-14-31(19-28(35,20-32)21-38-25-8-6-24(29)7-9-25)18-23-5-10-26(27(17-23)36-2)37-16-4-13-33-12-3-11-30-33/h3,5-12,17,35H,4,13-16,18-21H2,1-2H3/t28-/m0/s1. The third-order valence-corrected chi connectivity index (χ3v) is 6.44. The SMILES string of the molecule is COc1cc(CN2CCN(C(C)=O)C[C@](O)(COc3ccc(F)cc3)C2)ccc1OCCCn1cccn1. The summed E-state index contributed by atoms with van der Waals surface area (Å²) in [5.74, 6) is 1.29.